The van der Waals surface area contributed by atoms with E-state index in [1.165, 1.54) is 38.9 Å². The molecule has 0 aromatic carbocycles. The number of esters is 1. The summed E-state index contributed by atoms with van der Waals surface area (Å²) in [5.74, 6) is -0.266. The largest absolute Gasteiger partial charge is 1.00 e. The van der Waals surface area contributed by atoms with Gasteiger partial charge in [-0.2, -0.15) is 0 Å². The van der Waals surface area contributed by atoms with Crippen molar-refractivity contribution in [3.63, 3.8) is 0 Å². The zero-order valence-corrected chi connectivity index (χ0v) is 15.2. The number of halogens is 1. The van der Waals surface area contributed by atoms with Gasteiger partial charge >= 0.3 is 5.97 Å². The van der Waals surface area contributed by atoms with Gasteiger partial charge in [-0.05, 0) is 26.2 Å². The molecule has 0 spiro atoms. The van der Waals surface area contributed by atoms with Crippen LogP contribution in [0.3, 0.4) is 0 Å². The number of rotatable bonds is 10. The Kier molecular flexibility index (Phi) is 13.1. The van der Waals surface area contributed by atoms with Crippen LogP contribution in [0.25, 0.3) is 0 Å². The molecule has 0 radical (unpaired) electrons. The van der Waals surface area contributed by atoms with Crippen molar-refractivity contribution in [2.75, 3.05) is 32.8 Å². The number of carbonyl (C=O) groups is 1. The van der Waals surface area contributed by atoms with Crippen LogP contribution in [0.1, 0.15) is 47.0 Å². The minimum Gasteiger partial charge on any atom is -1.00 e. The second kappa shape index (κ2) is 11.7. The van der Waals surface area contributed by atoms with Gasteiger partial charge in [0.1, 0.15) is 13.2 Å². The molecule has 4 heteroatoms. The molecule has 0 bridgehead atoms. The number of quaternary nitrogens is 1. The first-order valence-electron chi connectivity index (χ1n) is 7.19. The summed E-state index contributed by atoms with van der Waals surface area (Å²) in [5.41, 5.74) is 0.481. The second-order valence-electron chi connectivity index (χ2n) is 5.15. The Morgan fingerprint density at radius 2 is 1.42 bits per heavy atom. The predicted molar refractivity (Wildman–Crippen MR) is 76.4 cm³/mol. The van der Waals surface area contributed by atoms with Gasteiger partial charge in [-0.1, -0.05) is 27.4 Å². The van der Waals surface area contributed by atoms with Crippen LogP contribution in [0.4, 0.5) is 0 Å². The van der Waals surface area contributed by atoms with E-state index in [9.17, 15) is 4.79 Å². The molecule has 0 aliphatic rings. The van der Waals surface area contributed by atoms with Gasteiger partial charge in [-0.25, -0.2) is 4.79 Å². The standard InChI is InChI=1S/C15H30NO2.HI/c1-6-9-16(10-7-2,11-8-3)12-13-18-15(17)14(4)5;/h4,6-13H2,1-3,5H3;1H/q+1;/p-1. The summed E-state index contributed by atoms with van der Waals surface area (Å²) in [6, 6.07) is 0. The zero-order valence-electron chi connectivity index (χ0n) is 13.0. The number of ether oxygens (including phenoxy) is 1. The lowest BCUT2D eigenvalue weighted by molar-refractivity contribution is -0.928. The molecule has 0 saturated carbocycles. The third-order valence-electron chi connectivity index (χ3n) is 3.24. The summed E-state index contributed by atoms with van der Waals surface area (Å²) in [7, 11) is 0. The maximum Gasteiger partial charge on any atom is 0.333 e. The van der Waals surface area contributed by atoms with Crippen molar-refractivity contribution in [2.24, 2.45) is 0 Å². The summed E-state index contributed by atoms with van der Waals surface area (Å²) < 4.78 is 6.32. The number of nitrogens with zero attached hydrogens (tertiary/aromatic N) is 1. The van der Waals surface area contributed by atoms with E-state index in [0.29, 0.717) is 12.2 Å². The lowest BCUT2D eigenvalue weighted by Gasteiger charge is -2.38. The Bertz CT molecular complexity index is 250. The maximum atomic E-state index is 11.4. The van der Waals surface area contributed by atoms with Gasteiger partial charge in [0, 0.05) is 5.57 Å². The van der Waals surface area contributed by atoms with E-state index >= 15 is 0 Å². The molecule has 0 heterocycles. The molecule has 0 amide bonds. The molecule has 0 fully saturated rings. The van der Waals surface area contributed by atoms with Gasteiger partial charge in [-0.3, -0.25) is 0 Å². The van der Waals surface area contributed by atoms with Crippen molar-refractivity contribution in [1.29, 1.82) is 0 Å². The van der Waals surface area contributed by atoms with Gasteiger partial charge in [0.2, 0.25) is 0 Å². The van der Waals surface area contributed by atoms with Gasteiger partial charge in [0.15, 0.2) is 0 Å². The van der Waals surface area contributed by atoms with Gasteiger partial charge in [0.05, 0.1) is 19.6 Å². The average molecular weight is 383 g/mol. The molecule has 19 heavy (non-hydrogen) atoms. The average Bonchev–Trinajstić information content (AvgIpc) is 2.29. The highest BCUT2D eigenvalue weighted by molar-refractivity contribution is 5.86. The minimum absolute atomic E-state index is 0. The highest BCUT2D eigenvalue weighted by Crippen LogP contribution is 2.11. The monoisotopic (exact) mass is 383 g/mol. The molecule has 0 atom stereocenters. The molecule has 0 aliphatic heterocycles. The third kappa shape index (κ3) is 8.63. The van der Waals surface area contributed by atoms with E-state index < -0.39 is 0 Å². The SMILES string of the molecule is C=C(C)C(=O)OCC[N+](CCC)(CCC)CCC.[I-]. The van der Waals surface area contributed by atoms with Crippen molar-refractivity contribution in [2.45, 2.75) is 47.0 Å². The topological polar surface area (TPSA) is 26.3 Å². The highest BCUT2D eigenvalue weighted by Gasteiger charge is 2.24. The molecule has 0 aliphatic carbocycles. The van der Waals surface area contributed by atoms with Crippen LogP contribution in [0.2, 0.25) is 0 Å². The normalized spacial score (nSPS) is 10.7. The predicted octanol–water partition coefficient (Wildman–Crippen LogP) is 0.157. The third-order valence-corrected chi connectivity index (χ3v) is 3.24. The van der Waals surface area contributed by atoms with Crippen LogP contribution in [0, 0.1) is 0 Å². The van der Waals surface area contributed by atoms with Crippen molar-refractivity contribution in [3.8, 4) is 0 Å². The van der Waals surface area contributed by atoms with Gasteiger partial charge in [-0.15, -0.1) is 0 Å². The quantitative estimate of drug-likeness (QED) is 0.233. The minimum atomic E-state index is -0.266. The Balaban J connectivity index is 0. The molecule has 0 aromatic heterocycles. The van der Waals surface area contributed by atoms with E-state index in [1.54, 1.807) is 6.92 Å². The fraction of sp³-hybridized carbons (Fsp3) is 0.800. The van der Waals surface area contributed by atoms with Crippen molar-refractivity contribution < 1.29 is 38.0 Å². The lowest BCUT2D eigenvalue weighted by atomic mass is 10.2. The van der Waals surface area contributed by atoms with Crippen LogP contribution < -0.4 is 24.0 Å². The maximum absolute atomic E-state index is 11.4. The van der Waals surface area contributed by atoms with Crippen LogP contribution in [0.5, 0.6) is 0 Å². The smallest absolute Gasteiger partial charge is 0.333 e. The molecule has 3 nitrogen and oxygen atoms in total. The molecular formula is C15H30INO2. The number of carbonyl (C=O) groups excluding carboxylic acids is 1. The molecule has 0 aromatic rings. The Morgan fingerprint density at radius 1 is 1.00 bits per heavy atom. The summed E-state index contributed by atoms with van der Waals surface area (Å²) >= 11 is 0. The molecule has 0 N–H and O–H groups in total. The van der Waals surface area contributed by atoms with Gasteiger partial charge < -0.3 is 33.2 Å². The van der Waals surface area contributed by atoms with Crippen molar-refractivity contribution in [3.05, 3.63) is 12.2 Å². The molecule has 114 valence electrons. The Hall–Kier alpha value is -0.100. The summed E-state index contributed by atoms with van der Waals surface area (Å²) in [6.45, 7) is 16.9. The summed E-state index contributed by atoms with van der Waals surface area (Å²) in [5, 5.41) is 0. The van der Waals surface area contributed by atoms with E-state index in [2.05, 4.69) is 27.4 Å². The second-order valence-corrected chi connectivity index (χ2v) is 5.15. The Labute approximate surface area is 136 Å². The molecular weight excluding hydrogens is 353 g/mol. The lowest BCUT2D eigenvalue weighted by Crippen LogP contribution is -3.00. The van der Waals surface area contributed by atoms with E-state index in [4.69, 9.17) is 4.74 Å². The number of hydrogen-bond acceptors (Lipinski definition) is 2. The van der Waals surface area contributed by atoms with E-state index in [1.807, 2.05) is 0 Å². The van der Waals surface area contributed by atoms with Crippen molar-refractivity contribution >= 4 is 5.97 Å². The first-order valence-corrected chi connectivity index (χ1v) is 7.19. The first-order chi connectivity index (χ1) is 8.51. The molecule has 0 unspecified atom stereocenters. The van der Waals surface area contributed by atoms with E-state index in [0.717, 1.165) is 11.0 Å². The number of hydrogen-bond donors (Lipinski definition) is 0. The fourth-order valence-corrected chi connectivity index (χ4v) is 2.55. The first kappa shape index (κ1) is 21.2. The fourth-order valence-electron chi connectivity index (χ4n) is 2.55. The van der Waals surface area contributed by atoms with Gasteiger partial charge in [0.25, 0.3) is 0 Å². The van der Waals surface area contributed by atoms with Crippen LogP contribution >= 0.6 is 0 Å². The zero-order chi connectivity index (χ0) is 14.0. The highest BCUT2D eigenvalue weighted by atomic mass is 127. The Morgan fingerprint density at radius 3 is 1.74 bits per heavy atom. The molecule has 0 saturated heterocycles. The van der Waals surface area contributed by atoms with E-state index in [-0.39, 0.29) is 29.9 Å². The van der Waals surface area contributed by atoms with Crippen LogP contribution in [-0.4, -0.2) is 43.2 Å². The molecule has 0 rings (SSSR count). The van der Waals surface area contributed by atoms with Crippen LogP contribution in [-0.2, 0) is 9.53 Å². The van der Waals surface area contributed by atoms with Crippen LogP contribution in [0.15, 0.2) is 12.2 Å². The summed E-state index contributed by atoms with van der Waals surface area (Å²) in [6.07, 6.45) is 3.53. The van der Waals surface area contributed by atoms with Crippen molar-refractivity contribution in [1.82, 2.24) is 0 Å². The summed E-state index contributed by atoms with van der Waals surface area (Å²) in [4.78, 5) is 11.4.